The molecule has 1 amide bonds. The first-order valence-corrected chi connectivity index (χ1v) is 11.4. The van der Waals surface area contributed by atoms with Gasteiger partial charge in [0.25, 0.3) is 0 Å². The third-order valence-electron chi connectivity index (χ3n) is 5.13. The quantitative estimate of drug-likeness (QED) is 0.492. The molecule has 1 aliphatic rings. The van der Waals surface area contributed by atoms with Gasteiger partial charge < -0.3 is 14.5 Å². The highest BCUT2D eigenvalue weighted by atomic mass is 19.1. The number of carbonyl (C=O) groups excluding carboxylic acids is 1. The summed E-state index contributed by atoms with van der Waals surface area (Å²) in [7, 11) is 0. The fourth-order valence-corrected chi connectivity index (χ4v) is 3.52. The van der Waals surface area contributed by atoms with Crippen molar-refractivity contribution in [1.29, 1.82) is 0 Å². The zero-order chi connectivity index (χ0) is 23.6. The summed E-state index contributed by atoms with van der Waals surface area (Å²) in [5.74, 6) is 0.980. The van der Waals surface area contributed by atoms with Crippen LogP contribution < -0.4 is 9.64 Å². The van der Waals surface area contributed by atoms with Gasteiger partial charge in [-0.3, -0.25) is 4.79 Å². The molecule has 6 nitrogen and oxygen atoms in total. The standard InChI is InChI=1S/C23H23FN4O2.C3H8/c1-2-30-18-9-7-17(8-10-18)20-15-25-23(28-13-11-27(16-29)12-14-28)26-22(20)19-5-3-4-6-21(19)24;1-3-2/h3-10,15-16H,2,11-14H2,1H3;3H2,1-2H3. The van der Waals surface area contributed by atoms with Crippen molar-refractivity contribution < 1.29 is 13.9 Å². The highest BCUT2D eigenvalue weighted by molar-refractivity contribution is 5.81. The van der Waals surface area contributed by atoms with E-state index >= 15 is 0 Å². The monoisotopic (exact) mass is 450 g/mol. The molecule has 2 aromatic carbocycles. The average Bonchev–Trinajstić information content (AvgIpc) is 2.85. The van der Waals surface area contributed by atoms with Gasteiger partial charge >= 0.3 is 0 Å². The predicted octanol–water partition coefficient (Wildman–Crippen LogP) is 5.04. The molecule has 0 radical (unpaired) electrons. The second kappa shape index (κ2) is 11.9. The molecule has 7 heteroatoms. The van der Waals surface area contributed by atoms with Crippen LogP contribution in [0.5, 0.6) is 5.75 Å². The van der Waals surface area contributed by atoms with Crippen LogP contribution in [-0.2, 0) is 4.79 Å². The Labute approximate surface area is 195 Å². The van der Waals surface area contributed by atoms with E-state index in [2.05, 4.69) is 18.8 Å². The third-order valence-corrected chi connectivity index (χ3v) is 5.13. The molecule has 0 saturated carbocycles. The Hall–Kier alpha value is -3.48. The van der Waals surface area contributed by atoms with Crippen molar-refractivity contribution in [2.24, 2.45) is 0 Å². The molecule has 3 aromatic rings. The van der Waals surface area contributed by atoms with E-state index < -0.39 is 0 Å². The summed E-state index contributed by atoms with van der Waals surface area (Å²) >= 11 is 0. The van der Waals surface area contributed by atoms with E-state index in [0.29, 0.717) is 50.0 Å². The molecule has 1 fully saturated rings. The summed E-state index contributed by atoms with van der Waals surface area (Å²) in [6, 6.07) is 14.2. The van der Waals surface area contributed by atoms with E-state index in [4.69, 9.17) is 9.72 Å². The number of amides is 1. The summed E-state index contributed by atoms with van der Waals surface area (Å²) in [6.07, 6.45) is 3.85. The summed E-state index contributed by atoms with van der Waals surface area (Å²) in [6.45, 7) is 9.28. The van der Waals surface area contributed by atoms with Crippen LogP contribution in [-0.4, -0.2) is 54.1 Å². The molecule has 1 aliphatic heterocycles. The number of hydrogen-bond donors (Lipinski definition) is 0. The van der Waals surface area contributed by atoms with Gasteiger partial charge in [0.15, 0.2) is 0 Å². The zero-order valence-electron chi connectivity index (χ0n) is 19.5. The number of piperazine rings is 1. The average molecular weight is 451 g/mol. The minimum atomic E-state index is -0.333. The molecule has 1 saturated heterocycles. The van der Waals surface area contributed by atoms with E-state index in [1.807, 2.05) is 36.1 Å². The maximum atomic E-state index is 14.7. The lowest BCUT2D eigenvalue weighted by atomic mass is 10.0. The van der Waals surface area contributed by atoms with Crippen LogP contribution in [0, 0.1) is 5.82 Å². The highest BCUT2D eigenvalue weighted by Gasteiger charge is 2.21. The number of ether oxygens (including phenoxy) is 1. The SMILES string of the molecule is CCC.CCOc1ccc(-c2cnc(N3CCN(C=O)CC3)nc2-c2ccccc2F)cc1. The normalized spacial score (nSPS) is 13.2. The Kier molecular flexibility index (Phi) is 8.75. The topological polar surface area (TPSA) is 58.6 Å². The molecule has 0 bridgehead atoms. The van der Waals surface area contributed by atoms with Crippen molar-refractivity contribution in [2.45, 2.75) is 27.2 Å². The lowest BCUT2D eigenvalue weighted by Crippen LogP contribution is -2.46. The van der Waals surface area contributed by atoms with E-state index in [-0.39, 0.29) is 5.82 Å². The van der Waals surface area contributed by atoms with Gasteiger partial charge in [-0.05, 0) is 36.8 Å². The van der Waals surface area contributed by atoms with Gasteiger partial charge in [0, 0.05) is 43.5 Å². The van der Waals surface area contributed by atoms with Crippen molar-refractivity contribution in [1.82, 2.24) is 14.9 Å². The minimum absolute atomic E-state index is 0.333. The maximum absolute atomic E-state index is 14.7. The molecular weight excluding hydrogens is 419 g/mol. The summed E-state index contributed by atoms with van der Waals surface area (Å²) in [5.41, 5.74) is 2.60. The van der Waals surface area contributed by atoms with Crippen molar-refractivity contribution in [3.63, 3.8) is 0 Å². The number of carbonyl (C=O) groups is 1. The van der Waals surface area contributed by atoms with Crippen LogP contribution in [0.1, 0.15) is 27.2 Å². The highest BCUT2D eigenvalue weighted by Crippen LogP contribution is 2.33. The number of aromatic nitrogens is 2. The maximum Gasteiger partial charge on any atom is 0.226 e. The Balaban J connectivity index is 0.000000968. The lowest BCUT2D eigenvalue weighted by Gasteiger charge is -2.32. The molecule has 0 unspecified atom stereocenters. The number of nitrogens with zero attached hydrogens (tertiary/aromatic N) is 4. The van der Waals surface area contributed by atoms with Crippen molar-refractivity contribution >= 4 is 12.4 Å². The van der Waals surface area contributed by atoms with Gasteiger partial charge in [0.05, 0.1) is 12.3 Å². The van der Waals surface area contributed by atoms with Crippen LogP contribution in [0.2, 0.25) is 0 Å². The fourth-order valence-electron chi connectivity index (χ4n) is 3.52. The molecular formula is C26H31FN4O2. The van der Waals surface area contributed by atoms with Crippen LogP contribution in [0.4, 0.5) is 10.3 Å². The molecule has 0 N–H and O–H groups in total. The van der Waals surface area contributed by atoms with Crippen molar-refractivity contribution in [2.75, 3.05) is 37.7 Å². The summed E-state index contributed by atoms with van der Waals surface area (Å²) in [4.78, 5) is 24.0. The second-order valence-corrected chi connectivity index (χ2v) is 7.71. The van der Waals surface area contributed by atoms with E-state index in [1.165, 1.54) is 12.5 Å². The molecule has 4 rings (SSSR count). The van der Waals surface area contributed by atoms with Gasteiger partial charge in [-0.1, -0.05) is 44.5 Å². The van der Waals surface area contributed by atoms with Gasteiger partial charge in [-0.2, -0.15) is 0 Å². The molecule has 0 spiro atoms. The van der Waals surface area contributed by atoms with E-state index in [9.17, 15) is 9.18 Å². The smallest absolute Gasteiger partial charge is 0.226 e. The molecule has 174 valence electrons. The number of hydrogen-bond acceptors (Lipinski definition) is 5. The van der Waals surface area contributed by atoms with Gasteiger partial charge in [0.2, 0.25) is 12.4 Å². The summed E-state index contributed by atoms with van der Waals surface area (Å²) in [5, 5.41) is 0. The Morgan fingerprint density at radius 1 is 0.970 bits per heavy atom. The molecule has 0 aliphatic carbocycles. The number of rotatable bonds is 6. The second-order valence-electron chi connectivity index (χ2n) is 7.71. The number of anilines is 1. The lowest BCUT2D eigenvalue weighted by molar-refractivity contribution is -0.118. The first kappa shape index (κ1) is 24.2. The first-order chi connectivity index (χ1) is 16.1. The number of benzene rings is 2. The van der Waals surface area contributed by atoms with Crippen molar-refractivity contribution in [3.05, 3.63) is 60.5 Å². The van der Waals surface area contributed by atoms with Crippen LogP contribution in [0.25, 0.3) is 22.4 Å². The van der Waals surface area contributed by atoms with E-state index in [1.54, 1.807) is 29.3 Å². The molecule has 0 atom stereocenters. The predicted molar refractivity (Wildman–Crippen MR) is 130 cm³/mol. The Morgan fingerprint density at radius 3 is 2.24 bits per heavy atom. The van der Waals surface area contributed by atoms with Gasteiger partial charge in [-0.25, -0.2) is 14.4 Å². The summed E-state index contributed by atoms with van der Waals surface area (Å²) < 4.78 is 20.2. The van der Waals surface area contributed by atoms with Gasteiger partial charge in [0.1, 0.15) is 11.6 Å². The van der Waals surface area contributed by atoms with E-state index in [0.717, 1.165) is 23.3 Å². The molecule has 33 heavy (non-hydrogen) atoms. The molecule has 2 heterocycles. The van der Waals surface area contributed by atoms with Crippen LogP contribution >= 0.6 is 0 Å². The van der Waals surface area contributed by atoms with Gasteiger partial charge in [-0.15, -0.1) is 0 Å². The fraction of sp³-hybridized carbons (Fsp3) is 0.346. The number of halogens is 1. The Bertz CT molecular complexity index is 1030. The van der Waals surface area contributed by atoms with Crippen LogP contribution in [0.3, 0.4) is 0 Å². The largest absolute Gasteiger partial charge is 0.494 e. The van der Waals surface area contributed by atoms with Crippen LogP contribution in [0.15, 0.2) is 54.7 Å². The molecule has 1 aromatic heterocycles. The zero-order valence-corrected chi connectivity index (χ0v) is 19.5. The third kappa shape index (κ3) is 6.06. The van der Waals surface area contributed by atoms with Crippen molar-refractivity contribution in [3.8, 4) is 28.1 Å². The minimum Gasteiger partial charge on any atom is -0.494 e. The first-order valence-electron chi connectivity index (χ1n) is 11.4. The Morgan fingerprint density at radius 2 is 1.64 bits per heavy atom.